The number of benzene rings is 3. The molecule has 0 bridgehead atoms. The molecular formula is C31H34N2O5. The van der Waals surface area contributed by atoms with Crippen LogP contribution in [0.5, 0.6) is 17.2 Å². The van der Waals surface area contributed by atoms with Crippen molar-refractivity contribution >= 4 is 17.5 Å². The van der Waals surface area contributed by atoms with Crippen LogP contribution >= 0.6 is 0 Å². The zero-order valence-corrected chi connectivity index (χ0v) is 22.9. The van der Waals surface area contributed by atoms with Crippen LogP contribution in [0.25, 0.3) is 0 Å². The van der Waals surface area contributed by atoms with E-state index in [1.54, 1.807) is 12.1 Å². The number of rotatable bonds is 7. The van der Waals surface area contributed by atoms with E-state index in [0.29, 0.717) is 34.1 Å². The van der Waals surface area contributed by atoms with Crippen molar-refractivity contribution in [3.05, 3.63) is 83.4 Å². The number of amides is 2. The van der Waals surface area contributed by atoms with Gasteiger partial charge in [0.25, 0.3) is 0 Å². The van der Waals surface area contributed by atoms with Crippen LogP contribution in [-0.4, -0.2) is 38.7 Å². The molecule has 0 heterocycles. The van der Waals surface area contributed by atoms with Crippen LogP contribution in [0.2, 0.25) is 0 Å². The van der Waals surface area contributed by atoms with Crippen molar-refractivity contribution in [2.75, 3.05) is 26.2 Å². The van der Waals surface area contributed by atoms with Crippen molar-refractivity contribution in [1.29, 1.82) is 0 Å². The number of carbonyl (C=O) groups excluding carboxylic acids is 2. The molecule has 0 fully saturated rings. The first-order valence-electron chi connectivity index (χ1n) is 12.2. The third-order valence-corrected chi connectivity index (χ3v) is 5.63. The standard InChI is InChI=1S/C31H34N2O5/c1-21-13-16-23(17-14-21)28(30(35)32-31(2,3)4)33(27(34)18-15-22-11-9-8-10-12-22)24-19-25(36-5)29(38-7)26(20-24)37-6/h8-14,16-17,19-20,28H,1-7H3,(H,32,35). The van der Waals surface area contributed by atoms with Gasteiger partial charge in [0.05, 0.1) is 27.0 Å². The molecule has 1 atom stereocenters. The molecular weight excluding hydrogens is 480 g/mol. The lowest BCUT2D eigenvalue weighted by Crippen LogP contribution is -2.49. The van der Waals surface area contributed by atoms with E-state index in [0.717, 1.165) is 5.56 Å². The minimum atomic E-state index is -1.03. The van der Waals surface area contributed by atoms with Crippen LogP contribution in [0.3, 0.4) is 0 Å². The molecule has 38 heavy (non-hydrogen) atoms. The van der Waals surface area contributed by atoms with Crippen molar-refractivity contribution in [2.45, 2.75) is 39.3 Å². The first kappa shape index (κ1) is 28.1. The number of nitrogens with one attached hydrogen (secondary N) is 1. The summed E-state index contributed by atoms with van der Waals surface area (Å²) in [5, 5.41) is 3.02. The Hall–Kier alpha value is -4.44. The molecule has 3 aromatic rings. The van der Waals surface area contributed by atoms with Gasteiger partial charge in [0.1, 0.15) is 6.04 Å². The normalized spacial score (nSPS) is 11.4. The number of hydrogen-bond acceptors (Lipinski definition) is 5. The van der Waals surface area contributed by atoms with Crippen molar-refractivity contribution in [3.63, 3.8) is 0 Å². The quantitative estimate of drug-likeness (QED) is 0.446. The summed E-state index contributed by atoms with van der Waals surface area (Å²) in [6.07, 6.45) is 0. The summed E-state index contributed by atoms with van der Waals surface area (Å²) in [5.74, 6) is 5.77. The maximum atomic E-state index is 13.9. The summed E-state index contributed by atoms with van der Waals surface area (Å²) < 4.78 is 16.6. The van der Waals surface area contributed by atoms with E-state index < -0.39 is 17.5 Å². The molecule has 0 saturated heterocycles. The van der Waals surface area contributed by atoms with Gasteiger partial charge in [0, 0.05) is 29.2 Å². The first-order chi connectivity index (χ1) is 18.1. The van der Waals surface area contributed by atoms with Crippen molar-refractivity contribution < 1.29 is 23.8 Å². The van der Waals surface area contributed by atoms with E-state index in [4.69, 9.17) is 14.2 Å². The topological polar surface area (TPSA) is 77.1 Å². The molecule has 0 aliphatic rings. The summed E-state index contributed by atoms with van der Waals surface area (Å²) in [7, 11) is 4.48. The summed E-state index contributed by atoms with van der Waals surface area (Å²) in [6.45, 7) is 7.62. The molecule has 0 aliphatic heterocycles. The van der Waals surface area contributed by atoms with E-state index in [1.165, 1.54) is 26.2 Å². The summed E-state index contributed by atoms with van der Waals surface area (Å²) in [5.41, 5.74) is 2.15. The van der Waals surface area contributed by atoms with Gasteiger partial charge in [0.2, 0.25) is 11.7 Å². The fraction of sp³-hybridized carbons (Fsp3) is 0.290. The zero-order chi connectivity index (χ0) is 27.9. The van der Waals surface area contributed by atoms with Gasteiger partial charge in [-0.1, -0.05) is 53.9 Å². The second kappa shape index (κ2) is 12.2. The van der Waals surface area contributed by atoms with Gasteiger partial charge < -0.3 is 19.5 Å². The van der Waals surface area contributed by atoms with Gasteiger partial charge >= 0.3 is 5.91 Å². The SMILES string of the molecule is COc1cc(N(C(=O)C#Cc2ccccc2)C(C(=O)NC(C)(C)C)c2ccc(C)cc2)cc(OC)c1OC. The van der Waals surface area contributed by atoms with Gasteiger partial charge in [0.15, 0.2) is 11.5 Å². The molecule has 3 rings (SSSR count). The average Bonchev–Trinajstić information content (AvgIpc) is 2.89. The van der Waals surface area contributed by atoms with Crippen LogP contribution < -0.4 is 24.4 Å². The molecule has 0 aliphatic carbocycles. The van der Waals surface area contributed by atoms with Crippen LogP contribution in [0.1, 0.15) is 43.5 Å². The average molecular weight is 515 g/mol. The highest BCUT2D eigenvalue weighted by Gasteiger charge is 2.35. The number of aryl methyl sites for hydroxylation is 1. The van der Waals surface area contributed by atoms with Crippen molar-refractivity contribution in [1.82, 2.24) is 5.32 Å². The van der Waals surface area contributed by atoms with Crippen LogP contribution in [0, 0.1) is 18.8 Å². The number of nitrogens with zero attached hydrogens (tertiary/aromatic N) is 1. The predicted octanol–water partition coefficient (Wildman–Crippen LogP) is 5.06. The maximum absolute atomic E-state index is 13.9. The lowest BCUT2D eigenvalue weighted by Gasteiger charge is -2.33. The Morgan fingerprint density at radius 2 is 1.45 bits per heavy atom. The van der Waals surface area contributed by atoms with Crippen LogP contribution in [-0.2, 0) is 9.59 Å². The molecule has 7 heteroatoms. The number of carbonyl (C=O) groups is 2. The number of ether oxygens (including phenoxy) is 3. The molecule has 1 unspecified atom stereocenters. The molecule has 0 radical (unpaired) electrons. The zero-order valence-electron chi connectivity index (χ0n) is 22.9. The second-order valence-electron chi connectivity index (χ2n) is 9.73. The van der Waals surface area contributed by atoms with E-state index in [9.17, 15) is 9.59 Å². The maximum Gasteiger partial charge on any atom is 0.304 e. The third-order valence-electron chi connectivity index (χ3n) is 5.63. The van der Waals surface area contributed by atoms with Crippen LogP contribution in [0.15, 0.2) is 66.7 Å². The molecule has 0 spiro atoms. The van der Waals surface area contributed by atoms with E-state index in [2.05, 4.69) is 17.2 Å². The Bertz CT molecular complexity index is 1310. The number of anilines is 1. The predicted molar refractivity (Wildman–Crippen MR) is 149 cm³/mol. The second-order valence-corrected chi connectivity index (χ2v) is 9.73. The highest BCUT2D eigenvalue weighted by Crippen LogP contribution is 2.43. The molecule has 0 saturated carbocycles. The summed E-state index contributed by atoms with van der Waals surface area (Å²) >= 11 is 0. The minimum Gasteiger partial charge on any atom is -0.493 e. The Morgan fingerprint density at radius 3 is 1.95 bits per heavy atom. The summed E-state index contributed by atoms with van der Waals surface area (Å²) in [6, 6.07) is 18.9. The van der Waals surface area contributed by atoms with Gasteiger partial charge in [-0.3, -0.25) is 14.5 Å². The van der Waals surface area contributed by atoms with E-state index in [1.807, 2.05) is 82.3 Å². The van der Waals surface area contributed by atoms with Gasteiger partial charge in [-0.05, 0) is 45.4 Å². The van der Waals surface area contributed by atoms with Gasteiger partial charge in [-0.25, -0.2) is 0 Å². The largest absolute Gasteiger partial charge is 0.493 e. The lowest BCUT2D eigenvalue weighted by atomic mass is 9.99. The molecule has 1 N–H and O–H groups in total. The van der Waals surface area contributed by atoms with E-state index in [-0.39, 0.29) is 5.91 Å². The molecule has 0 aromatic heterocycles. The summed E-state index contributed by atoms with van der Waals surface area (Å²) in [4.78, 5) is 29.1. The highest BCUT2D eigenvalue weighted by atomic mass is 16.5. The smallest absolute Gasteiger partial charge is 0.304 e. The molecule has 3 aromatic carbocycles. The lowest BCUT2D eigenvalue weighted by molar-refractivity contribution is -0.126. The third kappa shape index (κ3) is 6.86. The van der Waals surface area contributed by atoms with Crippen molar-refractivity contribution in [2.24, 2.45) is 0 Å². The molecule has 2 amide bonds. The van der Waals surface area contributed by atoms with Crippen molar-refractivity contribution in [3.8, 4) is 29.1 Å². The number of hydrogen-bond donors (Lipinski definition) is 1. The fourth-order valence-electron chi connectivity index (χ4n) is 3.90. The monoisotopic (exact) mass is 514 g/mol. The van der Waals surface area contributed by atoms with Crippen LogP contribution in [0.4, 0.5) is 5.69 Å². The Balaban J connectivity index is 2.27. The Labute approximate surface area is 224 Å². The molecule has 198 valence electrons. The van der Waals surface area contributed by atoms with E-state index >= 15 is 0 Å². The Morgan fingerprint density at radius 1 is 0.868 bits per heavy atom. The minimum absolute atomic E-state index is 0.342. The number of methoxy groups -OCH3 is 3. The molecule has 7 nitrogen and oxygen atoms in total. The first-order valence-corrected chi connectivity index (χ1v) is 12.2. The van der Waals surface area contributed by atoms with Gasteiger partial charge in [-0.15, -0.1) is 0 Å². The fourth-order valence-corrected chi connectivity index (χ4v) is 3.90. The Kier molecular flexibility index (Phi) is 9.03. The van der Waals surface area contributed by atoms with Gasteiger partial charge in [-0.2, -0.15) is 0 Å². The highest BCUT2D eigenvalue weighted by molar-refractivity contribution is 6.10.